The highest BCUT2D eigenvalue weighted by molar-refractivity contribution is 6.31. The Morgan fingerprint density at radius 1 is 0.848 bits per heavy atom. The molecule has 7 heteroatoms. The van der Waals surface area contributed by atoms with Gasteiger partial charge in [-0.1, -0.05) is 47.7 Å². The number of ether oxygens (including phenoxy) is 1. The van der Waals surface area contributed by atoms with E-state index in [1.54, 1.807) is 24.5 Å². The van der Waals surface area contributed by atoms with E-state index < -0.39 is 37.1 Å². The van der Waals surface area contributed by atoms with Gasteiger partial charge in [-0.05, 0) is 53.4 Å². The summed E-state index contributed by atoms with van der Waals surface area (Å²) in [5.74, 6) is 6.22. The first-order valence-electron chi connectivity index (χ1n) is 10.6. The zero-order chi connectivity index (χ0) is 23.4. The normalized spacial score (nSPS) is 24.7. The highest BCUT2D eigenvalue weighted by Crippen LogP contribution is 2.34. The first-order valence-corrected chi connectivity index (χ1v) is 10.9. The third kappa shape index (κ3) is 5.43. The lowest BCUT2D eigenvalue weighted by Gasteiger charge is -2.40. The molecule has 1 aliphatic heterocycles. The number of rotatable bonds is 4. The van der Waals surface area contributed by atoms with E-state index in [1.165, 1.54) is 0 Å². The predicted octanol–water partition coefficient (Wildman–Crippen LogP) is 2.24. The summed E-state index contributed by atoms with van der Waals surface area (Å²) in [6, 6.07) is 16.8. The summed E-state index contributed by atoms with van der Waals surface area (Å²) in [6.07, 6.45) is -2.08. The van der Waals surface area contributed by atoms with Crippen molar-refractivity contribution >= 4 is 11.6 Å². The molecule has 33 heavy (non-hydrogen) atoms. The highest BCUT2D eigenvalue weighted by Gasteiger charge is 2.44. The molecular weight excluding hydrogens is 442 g/mol. The second-order valence-corrected chi connectivity index (χ2v) is 8.37. The number of aliphatic hydroxyl groups is 4. The maximum absolute atomic E-state index is 10.4. The molecule has 1 unspecified atom stereocenters. The summed E-state index contributed by atoms with van der Waals surface area (Å²) in [6.45, 7) is -0.474. The predicted molar refractivity (Wildman–Crippen MR) is 124 cm³/mol. The lowest BCUT2D eigenvalue weighted by molar-refractivity contribution is -0.231. The van der Waals surface area contributed by atoms with E-state index in [4.69, 9.17) is 16.3 Å². The molecule has 1 aliphatic rings. The van der Waals surface area contributed by atoms with Crippen LogP contribution in [0, 0.1) is 11.8 Å². The Kier molecular flexibility index (Phi) is 7.41. The van der Waals surface area contributed by atoms with Gasteiger partial charge in [0.2, 0.25) is 0 Å². The number of aliphatic hydroxyl groups excluding tert-OH is 4. The second-order valence-electron chi connectivity index (χ2n) is 7.96. The third-order valence-corrected chi connectivity index (χ3v) is 6.04. The summed E-state index contributed by atoms with van der Waals surface area (Å²) < 4.78 is 5.67. The smallest absolute Gasteiger partial charge is 0.113 e. The number of halogens is 1. The van der Waals surface area contributed by atoms with Crippen LogP contribution in [-0.2, 0) is 11.2 Å². The Bertz CT molecular complexity index is 1140. The van der Waals surface area contributed by atoms with Gasteiger partial charge in [-0.2, -0.15) is 0 Å². The molecule has 1 aromatic heterocycles. The largest absolute Gasteiger partial charge is 0.394 e. The number of hydrogen-bond donors (Lipinski definition) is 4. The average molecular weight is 466 g/mol. The van der Waals surface area contributed by atoms with Crippen molar-refractivity contribution in [3.8, 4) is 11.8 Å². The maximum Gasteiger partial charge on any atom is 0.113 e. The van der Waals surface area contributed by atoms with Crippen molar-refractivity contribution in [3.05, 3.63) is 99.8 Å². The fourth-order valence-corrected chi connectivity index (χ4v) is 3.97. The molecule has 0 saturated carbocycles. The van der Waals surface area contributed by atoms with Gasteiger partial charge in [0.05, 0.1) is 6.61 Å². The molecule has 1 fully saturated rings. The quantitative estimate of drug-likeness (QED) is 0.441. The molecular formula is C26H24ClNO5. The van der Waals surface area contributed by atoms with E-state index in [0.29, 0.717) is 17.0 Å². The van der Waals surface area contributed by atoms with Gasteiger partial charge in [0.15, 0.2) is 0 Å². The standard InChI is InChI=1S/C26H24ClNO5/c27-21-8-7-19(26-25(32)24(31)23(30)22(15-29)33-26)14-20(21)13-18-5-3-16(4-6-18)1-2-17-9-11-28-12-10-17/h3-12,14,22-26,29-32H,13,15H2/t22-,23-,24+,25-,26?/m1/s1. The van der Waals surface area contributed by atoms with Crippen LogP contribution in [0.15, 0.2) is 67.0 Å². The molecule has 0 radical (unpaired) electrons. The monoisotopic (exact) mass is 465 g/mol. The van der Waals surface area contributed by atoms with Crippen LogP contribution >= 0.6 is 11.6 Å². The Morgan fingerprint density at radius 3 is 2.18 bits per heavy atom. The fourth-order valence-electron chi connectivity index (χ4n) is 3.79. The first kappa shape index (κ1) is 23.4. The van der Waals surface area contributed by atoms with Crippen molar-refractivity contribution < 1.29 is 25.2 Å². The average Bonchev–Trinajstić information content (AvgIpc) is 2.84. The van der Waals surface area contributed by atoms with Crippen LogP contribution in [0.3, 0.4) is 0 Å². The number of aromatic nitrogens is 1. The summed E-state index contributed by atoms with van der Waals surface area (Å²) in [5.41, 5.74) is 4.23. The Labute approximate surface area is 197 Å². The summed E-state index contributed by atoms with van der Waals surface area (Å²) in [5, 5.41) is 40.5. The lowest BCUT2D eigenvalue weighted by atomic mass is 9.90. The molecule has 170 valence electrons. The number of hydrogen-bond acceptors (Lipinski definition) is 6. The molecule has 4 N–H and O–H groups in total. The van der Waals surface area contributed by atoms with Crippen molar-refractivity contribution in [1.29, 1.82) is 0 Å². The summed E-state index contributed by atoms with van der Waals surface area (Å²) in [4.78, 5) is 3.98. The lowest BCUT2D eigenvalue weighted by Crippen LogP contribution is -2.55. The Balaban J connectivity index is 1.51. The van der Waals surface area contributed by atoms with Gasteiger partial charge < -0.3 is 25.2 Å². The number of nitrogens with zero attached hydrogens (tertiary/aromatic N) is 1. The van der Waals surface area contributed by atoms with Crippen molar-refractivity contribution in [1.82, 2.24) is 4.98 Å². The highest BCUT2D eigenvalue weighted by atomic mass is 35.5. The minimum absolute atomic E-state index is 0.474. The van der Waals surface area contributed by atoms with E-state index in [9.17, 15) is 20.4 Å². The SMILES string of the molecule is OC[C@H]1OC(c2ccc(Cl)c(Cc3ccc(C#Cc4ccncc4)cc3)c2)[C@H](O)[C@@H](O)[C@@H]1O. The van der Waals surface area contributed by atoms with E-state index in [0.717, 1.165) is 22.3 Å². The molecule has 6 nitrogen and oxygen atoms in total. The van der Waals surface area contributed by atoms with Crippen LogP contribution in [-0.4, -0.2) is 56.4 Å². The van der Waals surface area contributed by atoms with E-state index in [-0.39, 0.29) is 0 Å². The number of pyridine rings is 1. The van der Waals surface area contributed by atoms with E-state index in [2.05, 4.69) is 16.8 Å². The molecule has 0 bridgehead atoms. The van der Waals surface area contributed by atoms with Gasteiger partial charge in [-0.3, -0.25) is 4.98 Å². The van der Waals surface area contributed by atoms with Crippen LogP contribution in [0.4, 0.5) is 0 Å². The van der Waals surface area contributed by atoms with Crippen LogP contribution in [0.1, 0.15) is 33.9 Å². The van der Waals surface area contributed by atoms with E-state index in [1.807, 2.05) is 42.5 Å². The zero-order valence-corrected chi connectivity index (χ0v) is 18.4. The van der Waals surface area contributed by atoms with Gasteiger partial charge in [0, 0.05) is 28.5 Å². The third-order valence-electron chi connectivity index (χ3n) is 5.67. The minimum atomic E-state index is -1.43. The van der Waals surface area contributed by atoms with Crippen molar-refractivity contribution in [2.75, 3.05) is 6.61 Å². The van der Waals surface area contributed by atoms with Crippen LogP contribution < -0.4 is 0 Å². The fraction of sp³-hybridized carbons (Fsp3) is 0.269. The van der Waals surface area contributed by atoms with Crippen LogP contribution in [0.2, 0.25) is 5.02 Å². The molecule has 4 rings (SSSR count). The maximum atomic E-state index is 10.4. The minimum Gasteiger partial charge on any atom is -0.394 e. The van der Waals surface area contributed by atoms with Crippen molar-refractivity contribution in [3.63, 3.8) is 0 Å². The first-order chi connectivity index (χ1) is 16.0. The Hall–Kier alpha value is -2.76. The second kappa shape index (κ2) is 10.4. The van der Waals surface area contributed by atoms with Gasteiger partial charge in [-0.15, -0.1) is 0 Å². The molecule has 0 spiro atoms. The van der Waals surface area contributed by atoms with E-state index >= 15 is 0 Å². The molecule has 0 aliphatic carbocycles. The van der Waals surface area contributed by atoms with Crippen molar-refractivity contribution in [2.45, 2.75) is 36.9 Å². The summed E-state index contributed by atoms with van der Waals surface area (Å²) in [7, 11) is 0. The van der Waals surface area contributed by atoms with Crippen LogP contribution in [0.5, 0.6) is 0 Å². The zero-order valence-electron chi connectivity index (χ0n) is 17.7. The van der Waals surface area contributed by atoms with Crippen LogP contribution in [0.25, 0.3) is 0 Å². The summed E-state index contributed by atoms with van der Waals surface area (Å²) >= 11 is 6.42. The van der Waals surface area contributed by atoms with Crippen molar-refractivity contribution in [2.24, 2.45) is 0 Å². The van der Waals surface area contributed by atoms with Gasteiger partial charge in [0.25, 0.3) is 0 Å². The Morgan fingerprint density at radius 2 is 1.52 bits per heavy atom. The topological polar surface area (TPSA) is 103 Å². The molecule has 5 atom stereocenters. The van der Waals surface area contributed by atoms with Gasteiger partial charge in [0.1, 0.15) is 30.5 Å². The van der Waals surface area contributed by atoms with Gasteiger partial charge >= 0.3 is 0 Å². The molecule has 2 heterocycles. The molecule has 3 aromatic rings. The molecule has 1 saturated heterocycles. The molecule has 2 aromatic carbocycles. The van der Waals surface area contributed by atoms with Gasteiger partial charge in [-0.25, -0.2) is 0 Å². The molecule has 0 amide bonds. The number of benzene rings is 2.